The van der Waals surface area contributed by atoms with Crippen molar-refractivity contribution in [2.24, 2.45) is 34.0 Å². The molecule has 1 aliphatic heterocycles. The molecule has 7 N–H and O–H groups in total. The van der Waals surface area contributed by atoms with Crippen LogP contribution in [-0.2, 0) is 27.1 Å². The van der Waals surface area contributed by atoms with Crippen molar-refractivity contribution >= 4 is 6.29 Å². The number of benzene rings is 1. The minimum Gasteiger partial charge on any atom is -0.396 e. The number of carbonyl (C=O) groups excluding carboxylic acids is 1. The van der Waals surface area contributed by atoms with E-state index in [4.69, 9.17) is 9.47 Å². The van der Waals surface area contributed by atoms with Crippen LogP contribution in [0.1, 0.15) is 89.7 Å². The number of fused-ring (bicyclic) bond motifs is 4. The van der Waals surface area contributed by atoms with Gasteiger partial charge >= 0.3 is 0 Å². The van der Waals surface area contributed by atoms with Crippen LogP contribution in [0.5, 0.6) is 0 Å². The highest BCUT2D eigenvalue weighted by molar-refractivity contribution is 5.75. The molecule has 6 rings (SSSR count). The van der Waals surface area contributed by atoms with Crippen LogP contribution in [0.25, 0.3) is 0 Å². The molecule has 3 fully saturated rings. The van der Waals surface area contributed by atoms with Gasteiger partial charge in [-0.25, -0.2) is 0 Å². The lowest BCUT2D eigenvalue weighted by Gasteiger charge is -2.71. The first-order valence-electron chi connectivity index (χ1n) is 22.2. The highest BCUT2D eigenvalue weighted by Gasteiger charge is 2.79. The Morgan fingerprint density at radius 2 is 1.87 bits per heavy atom. The number of methoxy groups -OCH3 is 1. The Morgan fingerprint density at radius 1 is 1.10 bits per heavy atom. The van der Waals surface area contributed by atoms with E-state index in [9.17, 15) is 30.3 Å². The molecule has 10 nitrogen and oxygen atoms in total. The Morgan fingerprint density at radius 3 is 2.58 bits per heavy atom. The van der Waals surface area contributed by atoms with Crippen LogP contribution in [0.4, 0.5) is 0 Å². The number of hydrogen-bond acceptors (Lipinski definition) is 10. The van der Waals surface area contributed by atoms with Crippen LogP contribution >= 0.6 is 0 Å². The molecule has 0 saturated heterocycles. The molecular weight excluding hydrogens is 757 g/mol. The van der Waals surface area contributed by atoms with Crippen molar-refractivity contribution in [3.8, 4) is 0 Å². The lowest BCUT2D eigenvalue weighted by Crippen LogP contribution is -2.73. The van der Waals surface area contributed by atoms with E-state index >= 15 is 0 Å². The molecular formula is C50H72N2O8. The maximum atomic E-state index is 13.2. The maximum absolute atomic E-state index is 13.2. The van der Waals surface area contributed by atoms with E-state index in [0.29, 0.717) is 70.1 Å². The van der Waals surface area contributed by atoms with E-state index < -0.39 is 41.0 Å². The van der Waals surface area contributed by atoms with Gasteiger partial charge in [-0.1, -0.05) is 72.9 Å². The molecule has 3 saturated carbocycles. The molecule has 0 amide bonds. The van der Waals surface area contributed by atoms with Gasteiger partial charge < -0.3 is 40.3 Å². The van der Waals surface area contributed by atoms with Crippen LogP contribution in [0.2, 0.25) is 0 Å². The van der Waals surface area contributed by atoms with Gasteiger partial charge in [0.1, 0.15) is 19.3 Å². The Bertz CT molecular complexity index is 1870. The molecule has 10 atom stereocenters. The smallest absolute Gasteiger partial charge is 0.145 e. The van der Waals surface area contributed by atoms with Gasteiger partial charge in [0.15, 0.2) is 0 Å². The molecule has 10 heteroatoms. The molecule has 330 valence electrons. The number of carbonyl (C=O) groups is 1. The number of aliphatic hydroxyl groups excluding tert-OH is 4. The fourth-order valence-corrected chi connectivity index (χ4v) is 12.8. The van der Waals surface area contributed by atoms with Crippen molar-refractivity contribution < 1.29 is 39.8 Å². The third-order valence-electron chi connectivity index (χ3n) is 15.7. The number of allylic oxidation sites excluding steroid dienone is 9. The van der Waals surface area contributed by atoms with Gasteiger partial charge in [-0.05, 0) is 150 Å². The van der Waals surface area contributed by atoms with E-state index in [1.807, 2.05) is 39.1 Å². The summed E-state index contributed by atoms with van der Waals surface area (Å²) in [5.41, 5.74) is 2.60. The number of aliphatic hydroxyl groups is 5. The molecule has 5 aliphatic rings. The molecule has 0 unspecified atom stereocenters. The summed E-state index contributed by atoms with van der Waals surface area (Å²) < 4.78 is 11.2. The molecule has 0 radical (unpaired) electrons. The van der Waals surface area contributed by atoms with Crippen LogP contribution in [-0.4, -0.2) is 103 Å². The average molecular weight is 829 g/mol. The molecule has 60 heavy (non-hydrogen) atoms. The zero-order chi connectivity index (χ0) is 43.3. The second kappa shape index (κ2) is 19.2. The summed E-state index contributed by atoms with van der Waals surface area (Å²) >= 11 is 0. The first kappa shape index (κ1) is 46.5. The second-order valence-corrected chi connectivity index (χ2v) is 19.0. The first-order valence-corrected chi connectivity index (χ1v) is 22.2. The molecule has 2 spiro atoms. The van der Waals surface area contributed by atoms with E-state index in [0.717, 1.165) is 47.8 Å². The van der Waals surface area contributed by atoms with Crippen molar-refractivity contribution in [1.29, 1.82) is 0 Å². The monoisotopic (exact) mass is 829 g/mol. The van der Waals surface area contributed by atoms with Gasteiger partial charge in [0, 0.05) is 48.0 Å². The first-order chi connectivity index (χ1) is 28.7. The predicted molar refractivity (Wildman–Crippen MR) is 236 cm³/mol. The largest absolute Gasteiger partial charge is 0.396 e. The highest BCUT2D eigenvalue weighted by atomic mass is 16.6. The van der Waals surface area contributed by atoms with Crippen molar-refractivity contribution in [2.45, 2.75) is 115 Å². The Labute approximate surface area is 358 Å². The fourth-order valence-electron chi connectivity index (χ4n) is 12.8. The Hall–Kier alpha value is -3.03. The van der Waals surface area contributed by atoms with Crippen molar-refractivity contribution in [3.63, 3.8) is 0 Å². The maximum Gasteiger partial charge on any atom is 0.145 e. The number of aldehydes is 1. The van der Waals surface area contributed by atoms with Gasteiger partial charge in [-0.15, -0.1) is 0 Å². The summed E-state index contributed by atoms with van der Waals surface area (Å²) in [7, 11) is 3.57. The third kappa shape index (κ3) is 8.29. The third-order valence-corrected chi connectivity index (χ3v) is 15.7. The lowest BCUT2D eigenvalue weighted by molar-refractivity contribution is -0.256. The van der Waals surface area contributed by atoms with Gasteiger partial charge in [0.25, 0.3) is 0 Å². The number of rotatable bonds is 16. The number of nitrogens with one attached hydrogen (secondary N) is 2. The van der Waals surface area contributed by atoms with Gasteiger partial charge in [-0.2, -0.15) is 0 Å². The summed E-state index contributed by atoms with van der Waals surface area (Å²) in [6, 6.07) is 8.66. The Kier molecular flexibility index (Phi) is 14.8. The number of ether oxygens (including phenoxy) is 2. The minimum atomic E-state index is -1.26. The second-order valence-electron chi connectivity index (χ2n) is 19.0. The van der Waals surface area contributed by atoms with Crippen molar-refractivity contribution in [2.75, 3.05) is 47.3 Å². The Balaban J connectivity index is 1.36. The fraction of sp³-hybridized carbons (Fsp3) is 0.620. The number of hydrogen-bond donors (Lipinski definition) is 7. The molecule has 1 aromatic rings. The zero-order valence-corrected chi connectivity index (χ0v) is 36.7. The van der Waals surface area contributed by atoms with Gasteiger partial charge in [0.2, 0.25) is 0 Å². The van der Waals surface area contributed by atoms with Gasteiger partial charge in [-0.3, -0.25) is 10.1 Å². The van der Waals surface area contributed by atoms with Crippen LogP contribution in [0.15, 0.2) is 95.2 Å². The summed E-state index contributed by atoms with van der Waals surface area (Å²) in [5.74, 6) is -0.262. The summed E-state index contributed by atoms with van der Waals surface area (Å²) in [4.78, 5) is 12.6. The van der Waals surface area contributed by atoms with Crippen LogP contribution in [0, 0.1) is 34.0 Å². The van der Waals surface area contributed by atoms with Crippen LogP contribution in [0.3, 0.4) is 0 Å². The molecule has 1 heterocycles. The minimum absolute atomic E-state index is 0.0428. The van der Waals surface area contributed by atoms with E-state index in [1.54, 1.807) is 7.11 Å². The summed E-state index contributed by atoms with van der Waals surface area (Å²) in [6.45, 7) is 11.2. The molecule has 4 aliphatic carbocycles. The quantitative estimate of drug-likeness (QED) is 0.0357. The van der Waals surface area contributed by atoms with E-state index in [-0.39, 0.29) is 36.5 Å². The molecule has 6 bridgehead atoms. The molecule has 0 aromatic heterocycles. The summed E-state index contributed by atoms with van der Waals surface area (Å²) in [6.07, 6.45) is 18.2. The predicted octanol–water partition coefficient (Wildman–Crippen LogP) is 5.80. The summed E-state index contributed by atoms with van der Waals surface area (Å²) in [5, 5.41) is 64.8. The zero-order valence-electron chi connectivity index (χ0n) is 36.7. The topological polar surface area (TPSA) is 161 Å². The standard InChI is InChI=1S/C50H72N2O8/c1-34(39-14-13-35(2)44(56)52-46(4,23-26-59-6)29-38-11-8-10-37(27-38)28-39)9-7-12-42(32-60-33-55)47-18-20-49-41(17-25-53)16-15-40(43(49)36(3)31-54)30-48(58,22-24-51-5)50(49,21-19-47)45(47)57/h7-13,15-16,27,31,39-41,44-45,51-53,55-58H,1,14,17-26,28-30,32-33H2,2-6H3/b9-7+,35-13+,42-12-,43-36?/t39-,40-,41+,44+,45+,46-,47-,48+,49-,50+/m0/s1. The lowest BCUT2D eigenvalue weighted by atomic mass is 9.34. The average Bonchev–Trinajstić information content (AvgIpc) is 3.43. The normalized spacial score (nSPS) is 38.4. The van der Waals surface area contributed by atoms with E-state index in [1.165, 1.54) is 11.1 Å². The van der Waals surface area contributed by atoms with Gasteiger partial charge in [0.05, 0.1) is 18.3 Å². The van der Waals surface area contributed by atoms with E-state index in [2.05, 4.69) is 66.6 Å². The molecule has 1 aromatic carbocycles. The highest BCUT2D eigenvalue weighted by Crippen LogP contribution is 2.80. The SMILES string of the molecule is C=C(/C=C/C=C(/COCO)[C@]12CC[C@@]3([C@@H]1O)[C@@](O)(CCNC)C[C@@H]1C=C[C@H](CCO)[C@@]3(CC2)C1=C(C)C=O)[C@H]1C/C=C(\C)[C@@H](O)N[C@@](C)(CCOC)Cc2cccc(c2)C1. The van der Waals surface area contributed by atoms with Crippen LogP contribution < -0.4 is 10.6 Å². The van der Waals surface area contributed by atoms with Crippen molar-refractivity contribution in [3.05, 3.63) is 106 Å². The van der Waals surface area contributed by atoms with Crippen molar-refractivity contribution in [1.82, 2.24) is 10.6 Å².